The van der Waals surface area contributed by atoms with E-state index in [1.54, 1.807) is 13.1 Å². The molecule has 2 aliphatic heterocycles. The Bertz CT molecular complexity index is 842. The number of benzene rings is 1. The fraction of sp³-hybridized carbons (Fsp3) is 0.381. The van der Waals surface area contributed by atoms with Gasteiger partial charge in [-0.2, -0.15) is 0 Å². The standard InChI is InChI=1S/C21H24N4O2/c1-16(26)23-10-12-24(13-11-23)19-6-7-20(22-14-19)21(27)25-9-8-17-4-2-3-5-18(17)15-25/h2-7,14H,8-13,15H2,1H3. The van der Waals surface area contributed by atoms with Gasteiger partial charge in [-0.15, -0.1) is 0 Å². The smallest absolute Gasteiger partial charge is 0.272 e. The van der Waals surface area contributed by atoms with Gasteiger partial charge in [-0.1, -0.05) is 24.3 Å². The number of fused-ring (bicyclic) bond motifs is 1. The Morgan fingerprint density at radius 2 is 1.63 bits per heavy atom. The van der Waals surface area contributed by atoms with Crippen molar-refractivity contribution in [1.29, 1.82) is 0 Å². The Kier molecular flexibility index (Phi) is 4.79. The lowest BCUT2D eigenvalue weighted by atomic mass is 10.00. The van der Waals surface area contributed by atoms with E-state index in [1.165, 1.54) is 11.1 Å². The SMILES string of the molecule is CC(=O)N1CCN(c2ccc(C(=O)N3CCc4ccccc4C3)nc2)CC1. The van der Waals surface area contributed by atoms with Crippen molar-refractivity contribution in [2.45, 2.75) is 19.9 Å². The largest absolute Gasteiger partial charge is 0.367 e. The van der Waals surface area contributed by atoms with E-state index in [2.05, 4.69) is 22.0 Å². The van der Waals surface area contributed by atoms with Gasteiger partial charge < -0.3 is 14.7 Å². The third-order valence-electron chi connectivity index (χ3n) is 5.47. The van der Waals surface area contributed by atoms with Gasteiger partial charge in [-0.3, -0.25) is 9.59 Å². The molecule has 0 spiro atoms. The molecule has 27 heavy (non-hydrogen) atoms. The van der Waals surface area contributed by atoms with E-state index in [9.17, 15) is 9.59 Å². The third kappa shape index (κ3) is 3.65. The van der Waals surface area contributed by atoms with Crippen LogP contribution in [0.2, 0.25) is 0 Å². The summed E-state index contributed by atoms with van der Waals surface area (Å²) in [4.78, 5) is 34.6. The number of pyridine rings is 1. The van der Waals surface area contributed by atoms with Crippen molar-refractivity contribution in [3.63, 3.8) is 0 Å². The van der Waals surface area contributed by atoms with Crippen LogP contribution in [0.3, 0.4) is 0 Å². The first-order valence-corrected chi connectivity index (χ1v) is 9.44. The van der Waals surface area contributed by atoms with Gasteiger partial charge in [0.2, 0.25) is 5.91 Å². The summed E-state index contributed by atoms with van der Waals surface area (Å²) in [6.45, 7) is 6.01. The van der Waals surface area contributed by atoms with E-state index in [-0.39, 0.29) is 11.8 Å². The molecule has 0 atom stereocenters. The maximum Gasteiger partial charge on any atom is 0.272 e. The van der Waals surface area contributed by atoms with Gasteiger partial charge in [0.15, 0.2) is 0 Å². The number of hydrogen-bond donors (Lipinski definition) is 0. The highest BCUT2D eigenvalue weighted by Gasteiger charge is 2.23. The van der Waals surface area contributed by atoms with Crippen LogP contribution in [-0.2, 0) is 17.8 Å². The van der Waals surface area contributed by atoms with Gasteiger partial charge >= 0.3 is 0 Å². The average molecular weight is 364 g/mol. The van der Waals surface area contributed by atoms with Crippen molar-refractivity contribution in [1.82, 2.24) is 14.8 Å². The molecule has 0 radical (unpaired) electrons. The van der Waals surface area contributed by atoms with Crippen molar-refractivity contribution >= 4 is 17.5 Å². The molecule has 0 unspecified atom stereocenters. The minimum Gasteiger partial charge on any atom is -0.367 e. The van der Waals surface area contributed by atoms with Crippen LogP contribution in [0.1, 0.15) is 28.5 Å². The summed E-state index contributed by atoms with van der Waals surface area (Å²) < 4.78 is 0. The van der Waals surface area contributed by atoms with Crippen molar-refractivity contribution in [2.75, 3.05) is 37.6 Å². The minimum absolute atomic E-state index is 0.0162. The minimum atomic E-state index is -0.0162. The maximum atomic E-state index is 12.8. The molecule has 1 fully saturated rings. The van der Waals surface area contributed by atoms with Gasteiger partial charge in [-0.05, 0) is 29.7 Å². The summed E-state index contributed by atoms with van der Waals surface area (Å²) in [7, 11) is 0. The summed E-state index contributed by atoms with van der Waals surface area (Å²) in [6, 6.07) is 12.1. The third-order valence-corrected chi connectivity index (χ3v) is 5.47. The second-order valence-electron chi connectivity index (χ2n) is 7.14. The van der Waals surface area contributed by atoms with Gasteiger partial charge in [0.1, 0.15) is 5.69 Å². The number of aromatic nitrogens is 1. The van der Waals surface area contributed by atoms with Crippen LogP contribution in [-0.4, -0.2) is 59.3 Å². The molecule has 2 aromatic rings. The molecule has 0 N–H and O–H groups in total. The highest BCUT2D eigenvalue weighted by molar-refractivity contribution is 5.92. The fourth-order valence-electron chi connectivity index (χ4n) is 3.81. The molecule has 2 amide bonds. The zero-order chi connectivity index (χ0) is 18.8. The van der Waals surface area contributed by atoms with Gasteiger partial charge in [0.25, 0.3) is 5.91 Å². The van der Waals surface area contributed by atoms with Gasteiger partial charge in [-0.25, -0.2) is 4.98 Å². The Hall–Kier alpha value is -2.89. The van der Waals surface area contributed by atoms with E-state index in [0.717, 1.165) is 44.8 Å². The predicted molar refractivity (Wildman–Crippen MR) is 104 cm³/mol. The average Bonchev–Trinajstić information content (AvgIpc) is 2.73. The highest BCUT2D eigenvalue weighted by Crippen LogP contribution is 2.21. The van der Waals surface area contributed by atoms with Crippen LogP contribution in [0.15, 0.2) is 42.6 Å². The number of carbonyl (C=O) groups excluding carboxylic acids is 2. The number of nitrogens with zero attached hydrogens (tertiary/aromatic N) is 4. The second-order valence-corrected chi connectivity index (χ2v) is 7.14. The number of piperazine rings is 1. The normalized spacial score (nSPS) is 16.9. The van der Waals surface area contributed by atoms with Gasteiger partial charge in [0, 0.05) is 46.2 Å². The molecule has 0 aliphatic carbocycles. The molecule has 2 aliphatic rings. The fourth-order valence-corrected chi connectivity index (χ4v) is 3.81. The number of hydrogen-bond acceptors (Lipinski definition) is 4. The summed E-state index contributed by atoms with van der Waals surface area (Å²) in [5.74, 6) is 0.106. The van der Waals surface area contributed by atoms with Crippen molar-refractivity contribution in [3.05, 3.63) is 59.4 Å². The zero-order valence-electron chi connectivity index (χ0n) is 15.6. The van der Waals surface area contributed by atoms with Crippen LogP contribution in [0.4, 0.5) is 5.69 Å². The van der Waals surface area contributed by atoms with Crippen molar-refractivity contribution in [3.8, 4) is 0 Å². The topological polar surface area (TPSA) is 56.8 Å². The Morgan fingerprint density at radius 1 is 0.889 bits per heavy atom. The molecule has 1 aromatic heterocycles. The molecule has 4 rings (SSSR count). The lowest BCUT2D eigenvalue weighted by Crippen LogP contribution is -2.48. The molecule has 0 saturated carbocycles. The monoisotopic (exact) mass is 364 g/mol. The summed E-state index contributed by atoms with van der Waals surface area (Å²) in [6.07, 6.45) is 2.66. The van der Waals surface area contributed by atoms with Gasteiger partial charge in [0.05, 0.1) is 11.9 Å². The molecular weight excluding hydrogens is 340 g/mol. The number of rotatable bonds is 2. The first kappa shape index (κ1) is 17.5. The van der Waals surface area contributed by atoms with Crippen LogP contribution in [0.25, 0.3) is 0 Å². The lowest BCUT2D eigenvalue weighted by Gasteiger charge is -2.35. The lowest BCUT2D eigenvalue weighted by molar-refractivity contribution is -0.129. The number of amides is 2. The van der Waals surface area contributed by atoms with Crippen LogP contribution < -0.4 is 4.90 Å². The van der Waals surface area contributed by atoms with E-state index in [4.69, 9.17) is 0 Å². The molecule has 6 nitrogen and oxygen atoms in total. The summed E-state index contributed by atoms with van der Waals surface area (Å²) >= 11 is 0. The Labute approximate surface area is 159 Å². The van der Waals surface area contributed by atoms with E-state index in [1.807, 2.05) is 34.1 Å². The second kappa shape index (κ2) is 7.39. The Balaban J connectivity index is 1.41. The first-order valence-electron chi connectivity index (χ1n) is 9.44. The zero-order valence-corrected chi connectivity index (χ0v) is 15.6. The molecule has 3 heterocycles. The van der Waals surface area contributed by atoms with Crippen LogP contribution in [0.5, 0.6) is 0 Å². The predicted octanol–water partition coefficient (Wildman–Crippen LogP) is 1.95. The first-order chi connectivity index (χ1) is 13.1. The van der Waals surface area contributed by atoms with E-state index in [0.29, 0.717) is 12.2 Å². The van der Waals surface area contributed by atoms with Crippen molar-refractivity contribution in [2.24, 2.45) is 0 Å². The van der Waals surface area contributed by atoms with Crippen LogP contribution in [0, 0.1) is 0 Å². The summed E-state index contributed by atoms with van der Waals surface area (Å²) in [5.41, 5.74) is 4.03. The Morgan fingerprint density at radius 3 is 2.30 bits per heavy atom. The highest BCUT2D eigenvalue weighted by atomic mass is 16.2. The van der Waals surface area contributed by atoms with Crippen molar-refractivity contribution < 1.29 is 9.59 Å². The summed E-state index contributed by atoms with van der Waals surface area (Å²) in [5, 5.41) is 0. The van der Waals surface area contributed by atoms with Crippen LogP contribution >= 0.6 is 0 Å². The van der Waals surface area contributed by atoms with E-state index >= 15 is 0 Å². The molecule has 6 heteroatoms. The molecule has 1 aromatic carbocycles. The molecule has 1 saturated heterocycles. The van der Waals surface area contributed by atoms with E-state index < -0.39 is 0 Å². The molecule has 0 bridgehead atoms. The quantitative estimate of drug-likeness (QED) is 0.817. The maximum absolute atomic E-state index is 12.8. The molecular formula is C21H24N4O2. The number of anilines is 1. The molecule has 140 valence electrons. The number of carbonyl (C=O) groups is 2.